The van der Waals surface area contributed by atoms with Gasteiger partial charge in [0.2, 0.25) is 0 Å². The van der Waals surface area contributed by atoms with E-state index in [4.69, 9.17) is 10.5 Å². The number of carbonyl (C=O) groups excluding carboxylic acids is 1. The van der Waals surface area contributed by atoms with Gasteiger partial charge in [-0.05, 0) is 31.6 Å². The van der Waals surface area contributed by atoms with E-state index in [1.54, 1.807) is 0 Å². The Balaban J connectivity index is 0.00000144. The topological polar surface area (TPSA) is 58.8 Å². The Morgan fingerprint density at radius 1 is 0.958 bits per heavy atom. The molecule has 24 heavy (non-hydrogen) atoms. The summed E-state index contributed by atoms with van der Waals surface area (Å²) in [5.74, 6) is 1.08. The van der Waals surface area contributed by atoms with Crippen LogP contribution in [0.1, 0.15) is 44.9 Å². The number of nitrogens with two attached hydrogens (primary N) is 1. The maximum Gasteiger partial charge on any atom is 0.251 e. The highest BCUT2D eigenvalue weighted by atomic mass is 35.5. The second-order valence-corrected chi connectivity index (χ2v) is 7.19. The van der Waals surface area contributed by atoms with Crippen LogP contribution in [-0.2, 0) is 9.53 Å². The Hall–Kier alpha value is -0.0700. The van der Waals surface area contributed by atoms with Crippen LogP contribution in [0.2, 0.25) is 0 Å². The molecule has 0 spiro atoms. The van der Waals surface area contributed by atoms with E-state index >= 15 is 0 Å². The van der Waals surface area contributed by atoms with Gasteiger partial charge in [0.15, 0.2) is 0 Å². The van der Waals surface area contributed by atoms with E-state index in [9.17, 15) is 4.79 Å². The number of piperazine rings is 1. The molecule has 1 aliphatic carbocycles. The van der Waals surface area contributed by atoms with Crippen LogP contribution in [0.4, 0.5) is 0 Å². The number of amides is 1. The Bertz CT molecular complexity index is 373. The molecule has 3 fully saturated rings. The van der Waals surface area contributed by atoms with Gasteiger partial charge in [0.25, 0.3) is 5.91 Å². The summed E-state index contributed by atoms with van der Waals surface area (Å²) in [5, 5.41) is 0. The third-order valence-electron chi connectivity index (χ3n) is 5.57. The smallest absolute Gasteiger partial charge is 0.251 e. The van der Waals surface area contributed by atoms with Gasteiger partial charge in [0.05, 0.1) is 6.10 Å². The Morgan fingerprint density at radius 3 is 2.21 bits per heavy atom. The molecule has 0 unspecified atom stereocenters. The molecule has 7 heteroatoms. The van der Waals surface area contributed by atoms with Crippen molar-refractivity contribution in [2.45, 2.75) is 57.2 Å². The van der Waals surface area contributed by atoms with Crippen molar-refractivity contribution in [2.75, 3.05) is 39.3 Å². The third-order valence-corrected chi connectivity index (χ3v) is 5.57. The van der Waals surface area contributed by atoms with E-state index < -0.39 is 0 Å². The number of halogens is 2. The summed E-state index contributed by atoms with van der Waals surface area (Å²) in [5.41, 5.74) is 5.63. The first kappa shape index (κ1) is 22.0. The first-order valence-corrected chi connectivity index (χ1v) is 9.13. The van der Waals surface area contributed by atoms with Crippen molar-refractivity contribution in [1.82, 2.24) is 9.80 Å². The number of rotatable bonds is 4. The highest BCUT2D eigenvalue weighted by molar-refractivity contribution is 5.85. The maximum atomic E-state index is 12.5. The molecular formula is C17H33Cl2N3O2. The van der Waals surface area contributed by atoms with Crippen LogP contribution in [-0.4, -0.2) is 67.2 Å². The van der Waals surface area contributed by atoms with Crippen molar-refractivity contribution in [3.63, 3.8) is 0 Å². The van der Waals surface area contributed by atoms with Crippen LogP contribution < -0.4 is 5.73 Å². The molecule has 5 nitrogen and oxygen atoms in total. The zero-order valence-corrected chi connectivity index (χ0v) is 16.2. The number of nitrogens with zero attached hydrogens (tertiary/aromatic N) is 2. The first-order valence-electron chi connectivity index (χ1n) is 9.13. The molecule has 2 atom stereocenters. The van der Waals surface area contributed by atoms with Crippen LogP contribution in [0.15, 0.2) is 0 Å². The standard InChI is InChI=1S/C17H31N3O2.2ClH/c18-12-15-6-7-16(22-15)17(21)20-10-8-19(9-11-20)13-14-4-2-1-3-5-14;;/h14-16H,1-13,18H2;2*1H/t15-,16+;;/m1../s1. The van der Waals surface area contributed by atoms with Crippen LogP contribution in [0.25, 0.3) is 0 Å². The molecule has 142 valence electrons. The highest BCUT2D eigenvalue weighted by Crippen LogP contribution is 2.25. The van der Waals surface area contributed by atoms with Crippen molar-refractivity contribution >= 4 is 30.7 Å². The summed E-state index contributed by atoms with van der Waals surface area (Å²) < 4.78 is 5.74. The highest BCUT2D eigenvalue weighted by Gasteiger charge is 2.34. The molecule has 2 aliphatic heterocycles. The van der Waals surface area contributed by atoms with Crippen molar-refractivity contribution in [3.05, 3.63) is 0 Å². The van der Waals surface area contributed by atoms with Gasteiger partial charge >= 0.3 is 0 Å². The zero-order chi connectivity index (χ0) is 15.4. The van der Waals surface area contributed by atoms with Crippen molar-refractivity contribution in [3.8, 4) is 0 Å². The fourth-order valence-electron chi connectivity index (χ4n) is 4.15. The molecule has 2 heterocycles. The molecule has 3 rings (SSSR count). The molecule has 0 radical (unpaired) electrons. The van der Waals surface area contributed by atoms with Gasteiger partial charge in [-0.2, -0.15) is 0 Å². The molecular weight excluding hydrogens is 349 g/mol. The summed E-state index contributed by atoms with van der Waals surface area (Å²) in [6.45, 7) is 5.53. The van der Waals surface area contributed by atoms with Crippen molar-refractivity contribution in [1.29, 1.82) is 0 Å². The fourth-order valence-corrected chi connectivity index (χ4v) is 4.15. The van der Waals surface area contributed by atoms with Crippen LogP contribution >= 0.6 is 24.8 Å². The predicted molar refractivity (Wildman–Crippen MR) is 101 cm³/mol. The maximum absolute atomic E-state index is 12.5. The minimum atomic E-state index is -0.238. The molecule has 0 bridgehead atoms. The lowest BCUT2D eigenvalue weighted by molar-refractivity contribution is -0.144. The number of hydrogen-bond acceptors (Lipinski definition) is 4. The molecule has 1 saturated carbocycles. The minimum absolute atomic E-state index is 0. The SMILES string of the molecule is Cl.Cl.NC[C@H]1CC[C@@H](C(=O)N2CCN(CC3CCCCC3)CC2)O1. The van der Waals surface area contributed by atoms with Gasteiger partial charge in [-0.1, -0.05) is 19.3 Å². The lowest BCUT2D eigenvalue weighted by Crippen LogP contribution is -2.52. The summed E-state index contributed by atoms with van der Waals surface area (Å²) in [6, 6.07) is 0. The molecule has 2 saturated heterocycles. The fraction of sp³-hybridized carbons (Fsp3) is 0.941. The zero-order valence-electron chi connectivity index (χ0n) is 14.5. The average Bonchev–Trinajstić information content (AvgIpc) is 3.05. The van der Waals surface area contributed by atoms with Crippen LogP contribution in [0.3, 0.4) is 0 Å². The predicted octanol–water partition coefficient (Wildman–Crippen LogP) is 2.06. The molecule has 1 amide bonds. The largest absolute Gasteiger partial charge is 0.364 e. The molecule has 0 aromatic heterocycles. The van der Waals surface area contributed by atoms with Gasteiger partial charge in [-0.15, -0.1) is 24.8 Å². The monoisotopic (exact) mass is 381 g/mol. The van der Waals surface area contributed by atoms with E-state index in [1.165, 1.54) is 38.6 Å². The Labute approximate surface area is 158 Å². The average molecular weight is 382 g/mol. The second-order valence-electron chi connectivity index (χ2n) is 7.19. The quantitative estimate of drug-likeness (QED) is 0.809. The number of ether oxygens (including phenoxy) is 1. The van der Waals surface area contributed by atoms with E-state index in [1.807, 2.05) is 4.90 Å². The van der Waals surface area contributed by atoms with Crippen LogP contribution in [0, 0.1) is 5.92 Å². The van der Waals surface area contributed by atoms with Gasteiger partial charge < -0.3 is 15.4 Å². The molecule has 0 aromatic rings. The lowest BCUT2D eigenvalue weighted by atomic mass is 9.89. The van der Waals surface area contributed by atoms with Crippen molar-refractivity contribution < 1.29 is 9.53 Å². The van der Waals surface area contributed by atoms with Crippen LogP contribution in [0.5, 0.6) is 0 Å². The number of hydrogen-bond donors (Lipinski definition) is 1. The van der Waals surface area contributed by atoms with Gasteiger partial charge in [-0.3, -0.25) is 9.69 Å². The molecule has 0 aromatic carbocycles. The normalized spacial score (nSPS) is 29.0. The van der Waals surface area contributed by atoms with E-state index in [-0.39, 0.29) is 42.9 Å². The van der Waals surface area contributed by atoms with Gasteiger partial charge in [0, 0.05) is 39.3 Å². The van der Waals surface area contributed by atoms with E-state index in [2.05, 4.69) is 4.90 Å². The third kappa shape index (κ3) is 5.73. The number of carbonyl (C=O) groups is 1. The Morgan fingerprint density at radius 2 is 1.62 bits per heavy atom. The molecule has 3 aliphatic rings. The Kier molecular flexibility index (Phi) is 9.90. The van der Waals surface area contributed by atoms with Gasteiger partial charge in [-0.25, -0.2) is 0 Å². The first-order chi connectivity index (χ1) is 10.8. The lowest BCUT2D eigenvalue weighted by Gasteiger charge is -2.38. The summed E-state index contributed by atoms with van der Waals surface area (Å²) in [6.07, 6.45) is 8.64. The minimum Gasteiger partial charge on any atom is -0.364 e. The second kappa shape index (κ2) is 10.8. The van der Waals surface area contributed by atoms with Crippen molar-refractivity contribution in [2.24, 2.45) is 11.7 Å². The summed E-state index contributed by atoms with van der Waals surface area (Å²) in [7, 11) is 0. The summed E-state index contributed by atoms with van der Waals surface area (Å²) in [4.78, 5) is 17.1. The van der Waals surface area contributed by atoms with Gasteiger partial charge in [0.1, 0.15) is 6.10 Å². The molecule has 2 N–H and O–H groups in total. The van der Waals surface area contributed by atoms with E-state index in [0.717, 1.165) is 44.9 Å². The van der Waals surface area contributed by atoms with E-state index in [0.29, 0.717) is 6.54 Å². The summed E-state index contributed by atoms with van der Waals surface area (Å²) >= 11 is 0.